The molecule has 0 aliphatic heterocycles. The smallest absolute Gasteiger partial charge is 0.140 e. The molecule has 4 rings (SSSR count). The lowest BCUT2D eigenvalue weighted by Gasteiger charge is -2.06. The van der Waals surface area contributed by atoms with Crippen molar-refractivity contribution in [3.63, 3.8) is 0 Å². The number of aromatic nitrogens is 4. The molecule has 5 nitrogen and oxygen atoms in total. The van der Waals surface area contributed by atoms with Crippen molar-refractivity contribution in [1.29, 1.82) is 0 Å². The molecule has 0 aliphatic rings. The SMILES string of the molecule is Cc1cnc(CNc2ccc(-c3cn4cccc(C)c4n3)cc2)cn1. The molecule has 0 fully saturated rings. The van der Waals surface area contributed by atoms with Gasteiger partial charge in [0, 0.05) is 29.8 Å². The van der Waals surface area contributed by atoms with Gasteiger partial charge in [-0.3, -0.25) is 9.97 Å². The molecule has 0 saturated heterocycles. The summed E-state index contributed by atoms with van der Waals surface area (Å²) in [5.41, 5.74) is 7.14. The molecule has 0 unspecified atom stereocenters. The molecular weight excluding hydrogens is 310 g/mol. The molecule has 0 bridgehead atoms. The normalized spacial score (nSPS) is 11.0. The number of hydrogen-bond donors (Lipinski definition) is 1. The van der Waals surface area contributed by atoms with Gasteiger partial charge in [0.1, 0.15) is 5.65 Å². The fraction of sp³-hybridized carbons (Fsp3) is 0.150. The van der Waals surface area contributed by atoms with Crippen LogP contribution in [0, 0.1) is 13.8 Å². The second kappa shape index (κ2) is 6.36. The first-order chi connectivity index (χ1) is 12.2. The van der Waals surface area contributed by atoms with Gasteiger partial charge >= 0.3 is 0 Å². The summed E-state index contributed by atoms with van der Waals surface area (Å²) in [6.45, 7) is 4.66. The van der Waals surface area contributed by atoms with E-state index in [9.17, 15) is 0 Å². The van der Waals surface area contributed by atoms with Crippen LogP contribution in [0.2, 0.25) is 0 Å². The van der Waals surface area contributed by atoms with Gasteiger partial charge in [-0.05, 0) is 37.6 Å². The lowest BCUT2D eigenvalue weighted by molar-refractivity contribution is 0.984. The average molecular weight is 329 g/mol. The summed E-state index contributed by atoms with van der Waals surface area (Å²) in [7, 11) is 0. The molecule has 5 heteroatoms. The lowest BCUT2D eigenvalue weighted by Crippen LogP contribution is -2.02. The van der Waals surface area contributed by atoms with E-state index in [1.54, 1.807) is 12.4 Å². The second-order valence-electron chi connectivity index (χ2n) is 6.13. The monoisotopic (exact) mass is 329 g/mol. The van der Waals surface area contributed by atoms with Gasteiger partial charge in [0.25, 0.3) is 0 Å². The number of nitrogens with one attached hydrogen (secondary N) is 1. The third-order valence-corrected chi connectivity index (χ3v) is 4.17. The second-order valence-corrected chi connectivity index (χ2v) is 6.13. The maximum absolute atomic E-state index is 4.74. The Morgan fingerprint density at radius 2 is 1.84 bits per heavy atom. The van der Waals surface area contributed by atoms with Crippen LogP contribution in [-0.2, 0) is 6.54 Å². The summed E-state index contributed by atoms with van der Waals surface area (Å²) in [4.78, 5) is 13.4. The van der Waals surface area contributed by atoms with Crippen LogP contribution >= 0.6 is 0 Å². The molecule has 3 heterocycles. The number of imidazole rings is 1. The first-order valence-corrected chi connectivity index (χ1v) is 8.25. The molecule has 0 saturated carbocycles. The predicted octanol–water partition coefficient (Wildman–Crippen LogP) is 4.02. The van der Waals surface area contributed by atoms with E-state index in [4.69, 9.17) is 4.98 Å². The minimum absolute atomic E-state index is 0.653. The highest BCUT2D eigenvalue weighted by Crippen LogP contribution is 2.22. The summed E-state index contributed by atoms with van der Waals surface area (Å²) >= 11 is 0. The van der Waals surface area contributed by atoms with Crippen LogP contribution < -0.4 is 5.32 Å². The van der Waals surface area contributed by atoms with Gasteiger partial charge in [0.15, 0.2) is 0 Å². The number of rotatable bonds is 4. The van der Waals surface area contributed by atoms with Gasteiger partial charge in [-0.15, -0.1) is 0 Å². The van der Waals surface area contributed by atoms with E-state index >= 15 is 0 Å². The van der Waals surface area contributed by atoms with Gasteiger partial charge in [-0.25, -0.2) is 4.98 Å². The molecule has 1 aromatic carbocycles. The van der Waals surface area contributed by atoms with Gasteiger partial charge in [0.2, 0.25) is 0 Å². The van der Waals surface area contributed by atoms with E-state index in [1.165, 1.54) is 5.56 Å². The molecular formula is C20H19N5. The maximum atomic E-state index is 4.74. The van der Waals surface area contributed by atoms with Crippen molar-refractivity contribution in [2.45, 2.75) is 20.4 Å². The number of benzene rings is 1. The van der Waals surface area contributed by atoms with Crippen molar-refractivity contribution in [2.24, 2.45) is 0 Å². The summed E-state index contributed by atoms with van der Waals surface area (Å²) in [6, 6.07) is 12.4. The van der Waals surface area contributed by atoms with E-state index in [1.807, 2.05) is 19.2 Å². The van der Waals surface area contributed by atoms with E-state index in [2.05, 4.69) is 63.1 Å². The van der Waals surface area contributed by atoms with Crippen LogP contribution in [-0.4, -0.2) is 19.4 Å². The van der Waals surface area contributed by atoms with E-state index < -0.39 is 0 Å². The minimum Gasteiger partial charge on any atom is -0.379 e. The van der Waals surface area contributed by atoms with E-state index in [-0.39, 0.29) is 0 Å². The Morgan fingerprint density at radius 3 is 2.56 bits per heavy atom. The lowest BCUT2D eigenvalue weighted by atomic mass is 10.1. The Hall–Kier alpha value is -3.21. The summed E-state index contributed by atoms with van der Waals surface area (Å²) < 4.78 is 2.06. The van der Waals surface area contributed by atoms with Crippen LogP contribution in [0.5, 0.6) is 0 Å². The largest absolute Gasteiger partial charge is 0.379 e. The first kappa shape index (κ1) is 15.3. The number of anilines is 1. The highest BCUT2D eigenvalue weighted by molar-refractivity contribution is 5.66. The van der Waals surface area contributed by atoms with Crippen molar-refractivity contribution in [1.82, 2.24) is 19.4 Å². The zero-order valence-corrected chi connectivity index (χ0v) is 14.3. The van der Waals surface area contributed by atoms with E-state index in [0.29, 0.717) is 6.54 Å². The fourth-order valence-electron chi connectivity index (χ4n) is 2.75. The third-order valence-electron chi connectivity index (χ3n) is 4.17. The number of hydrogen-bond acceptors (Lipinski definition) is 4. The Labute approximate surface area is 146 Å². The summed E-state index contributed by atoms with van der Waals surface area (Å²) in [6.07, 6.45) is 7.67. The van der Waals surface area contributed by atoms with Crippen LogP contribution in [0.1, 0.15) is 17.0 Å². The number of pyridine rings is 1. The summed E-state index contributed by atoms with van der Waals surface area (Å²) in [5, 5.41) is 3.37. The third kappa shape index (κ3) is 3.21. The highest BCUT2D eigenvalue weighted by atomic mass is 15.0. The zero-order valence-electron chi connectivity index (χ0n) is 14.3. The molecule has 0 radical (unpaired) electrons. The Kier molecular flexibility index (Phi) is 3.90. The van der Waals surface area contributed by atoms with Crippen molar-refractivity contribution >= 4 is 11.3 Å². The molecule has 25 heavy (non-hydrogen) atoms. The number of aryl methyl sites for hydroxylation is 2. The van der Waals surface area contributed by atoms with Crippen LogP contribution in [0.4, 0.5) is 5.69 Å². The predicted molar refractivity (Wildman–Crippen MR) is 99.5 cm³/mol. The van der Waals surface area contributed by atoms with Crippen LogP contribution in [0.3, 0.4) is 0 Å². The van der Waals surface area contributed by atoms with Crippen molar-refractivity contribution in [3.05, 3.63) is 78.1 Å². The van der Waals surface area contributed by atoms with Gasteiger partial charge in [0.05, 0.1) is 29.8 Å². The topological polar surface area (TPSA) is 55.1 Å². The highest BCUT2D eigenvalue weighted by Gasteiger charge is 2.06. The molecule has 0 spiro atoms. The maximum Gasteiger partial charge on any atom is 0.140 e. The summed E-state index contributed by atoms with van der Waals surface area (Å²) in [5.74, 6) is 0. The number of nitrogens with zero attached hydrogens (tertiary/aromatic N) is 4. The van der Waals surface area contributed by atoms with Crippen molar-refractivity contribution < 1.29 is 0 Å². The minimum atomic E-state index is 0.653. The fourth-order valence-corrected chi connectivity index (χ4v) is 2.75. The van der Waals surface area contributed by atoms with Crippen LogP contribution in [0.15, 0.2) is 61.2 Å². The molecule has 0 atom stereocenters. The van der Waals surface area contributed by atoms with Gasteiger partial charge < -0.3 is 9.72 Å². The molecule has 4 aromatic rings. The Morgan fingerprint density at radius 1 is 1.00 bits per heavy atom. The standard InChI is InChI=1S/C20H19N5/c1-14-4-3-9-25-13-19(24-20(14)25)16-5-7-17(8-6-16)23-12-18-11-21-15(2)10-22-18/h3-11,13,23H,12H2,1-2H3. The Balaban J connectivity index is 1.51. The zero-order chi connectivity index (χ0) is 17.2. The number of fused-ring (bicyclic) bond motifs is 1. The van der Waals surface area contributed by atoms with Crippen LogP contribution in [0.25, 0.3) is 16.9 Å². The Bertz CT molecular complexity index is 1000. The van der Waals surface area contributed by atoms with E-state index in [0.717, 1.165) is 34.0 Å². The molecule has 124 valence electrons. The van der Waals surface area contributed by atoms with Gasteiger partial charge in [-0.2, -0.15) is 0 Å². The molecule has 0 amide bonds. The molecule has 3 aromatic heterocycles. The van der Waals surface area contributed by atoms with Crippen molar-refractivity contribution in [2.75, 3.05) is 5.32 Å². The first-order valence-electron chi connectivity index (χ1n) is 8.25. The molecule has 0 aliphatic carbocycles. The van der Waals surface area contributed by atoms with Gasteiger partial charge in [-0.1, -0.05) is 18.2 Å². The molecule has 1 N–H and O–H groups in total. The van der Waals surface area contributed by atoms with Crippen molar-refractivity contribution in [3.8, 4) is 11.3 Å². The quantitative estimate of drug-likeness (QED) is 0.614. The average Bonchev–Trinajstić information content (AvgIpc) is 3.07.